The van der Waals surface area contributed by atoms with Crippen LogP contribution < -0.4 is 16.0 Å². The number of hydrogen-bond acceptors (Lipinski definition) is 6. The zero-order valence-corrected chi connectivity index (χ0v) is 20.2. The van der Waals surface area contributed by atoms with Crippen molar-refractivity contribution in [2.45, 2.75) is 32.1 Å². The molecule has 1 amide bonds. The van der Waals surface area contributed by atoms with Gasteiger partial charge >= 0.3 is 0 Å². The number of carbonyl (C=O) groups is 1. The highest BCUT2D eigenvalue weighted by atomic mass is 35.5. The predicted octanol–water partition coefficient (Wildman–Crippen LogP) is 6.69. The van der Waals surface area contributed by atoms with E-state index in [1.54, 1.807) is 12.4 Å². The van der Waals surface area contributed by atoms with Crippen LogP contribution in [-0.4, -0.2) is 20.9 Å². The number of hydrogen-bond donors (Lipinski definition) is 3. The van der Waals surface area contributed by atoms with Crippen molar-refractivity contribution in [1.82, 2.24) is 15.0 Å². The molecule has 0 unspecified atom stereocenters. The van der Waals surface area contributed by atoms with Gasteiger partial charge in [0.1, 0.15) is 5.02 Å². The lowest BCUT2D eigenvalue weighted by Gasteiger charge is -2.25. The van der Waals surface area contributed by atoms with Gasteiger partial charge in [0, 0.05) is 35.2 Å². The van der Waals surface area contributed by atoms with Crippen LogP contribution in [-0.2, 0) is 10.2 Å². The Morgan fingerprint density at radius 1 is 1.00 bits per heavy atom. The van der Waals surface area contributed by atoms with Gasteiger partial charge in [-0.2, -0.15) is 4.98 Å². The third kappa shape index (κ3) is 4.95. The molecule has 2 aromatic heterocycles. The van der Waals surface area contributed by atoms with E-state index in [0.717, 1.165) is 40.3 Å². The molecule has 0 radical (unpaired) electrons. The summed E-state index contributed by atoms with van der Waals surface area (Å²) < 4.78 is 0. The van der Waals surface area contributed by atoms with Crippen molar-refractivity contribution < 1.29 is 4.79 Å². The molecule has 176 valence electrons. The van der Waals surface area contributed by atoms with Crippen molar-refractivity contribution in [1.29, 1.82) is 0 Å². The molecule has 4 aromatic rings. The smallest absolute Gasteiger partial charge is 0.229 e. The summed E-state index contributed by atoms with van der Waals surface area (Å²) in [7, 11) is 0. The van der Waals surface area contributed by atoms with Gasteiger partial charge in [0.2, 0.25) is 11.9 Å². The molecular formula is C27H25ClN6O. The standard InChI is InChI=1S/C27H25ClN6O/c1-27(2)13-12-24(35)32-23-11-10-17(15-19(23)27)31-26-30-16-20(28)25(34-26)33-22-9-4-3-7-18(22)21-8-5-6-14-29-21/h3-11,14-16H,12-13H2,1-2H3,(H,32,35)(H2,30,31,33,34). The molecule has 0 spiro atoms. The van der Waals surface area contributed by atoms with Crippen LogP contribution in [0.1, 0.15) is 32.3 Å². The molecule has 2 aromatic carbocycles. The summed E-state index contributed by atoms with van der Waals surface area (Å²) in [6, 6.07) is 19.5. The Labute approximate surface area is 209 Å². The Bertz CT molecular complexity index is 1390. The Balaban J connectivity index is 1.43. The lowest BCUT2D eigenvalue weighted by atomic mass is 9.80. The highest BCUT2D eigenvalue weighted by molar-refractivity contribution is 6.33. The quantitative estimate of drug-likeness (QED) is 0.292. The van der Waals surface area contributed by atoms with E-state index >= 15 is 0 Å². The van der Waals surface area contributed by atoms with Crippen molar-refractivity contribution >= 4 is 46.3 Å². The number of halogens is 1. The Hall–Kier alpha value is -3.97. The third-order valence-corrected chi connectivity index (χ3v) is 6.40. The SMILES string of the molecule is CC1(C)CCC(=O)Nc2ccc(Nc3ncc(Cl)c(Nc4ccccc4-c4ccccn4)n3)cc21. The average Bonchev–Trinajstić information content (AvgIpc) is 2.97. The zero-order chi connectivity index (χ0) is 24.4. The maximum absolute atomic E-state index is 12.1. The zero-order valence-electron chi connectivity index (χ0n) is 19.5. The lowest BCUT2D eigenvalue weighted by molar-refractivity contribution is -0.116. The van der Waals surface area contributed by atoms with Crippen LogP contribution in [0.3, 0.4) is 0 Å². The summed E-state index contributed by atoms with van der Waals surface area (Å²) in [6.45, 7) is 4.30. The molecule has 0 aliphatic carbocycles. The number of carbonyl (C=O) groups excluding carboxylic acids is 1. The minimum atomic E-state index is -0.144. The van der Waals surface area contributed by atoms with Gasteiger partial charge in [-0.05, 0) is 53.8 Å². The van der Waals surface area contributed by atoms with Crippen LogP contribution >= 0.6 is 11.6 Å². The molecule has 1 aliphatic rings. The summed E-state index contributed by atoms with van der Waals surface area (Å²) >= 11 is 6.44. The van der Waals surface area contributed by atoms with Gasteiger partial charge in [0.25, 0.3) is 0 Å². The summed E-state index contributed by atoms with van der Waals surface area (Å²) in [6.07, 6.45) is 4.60. The van der Waals surface area contributed by atoms with Crippen LogP contribution in [0.25, 0.3) is 11.3 Å². The summed E-state index contributed by atoms with van der Waals surface area (Å²) in [5.74, 6) is 0.929. The number of amides is 1. The van der Waals surface area contributed by atoms with E-state index in [4.69, 9.17) is 11.6 Å². The number of rotatable bonds is 5. The van der Waals surface area contributed by atoms with Crippen LogP contribution in [0.15, 0.2) is 73.1 Å². The molecule has 0 bridgehead atoms. The summed E-state index contributed by atoms with van der Waals surface area (Å²) in [4.78, 5) is 25.5. The van der Waals surface area contributed by atoms with Gasteiger partial charge in [-0.3, -0.25) is 9.78 Å². The summed E-state index contributed by atoms with van der Waals surface area (Å²) in [5.41, 5.74) is 5.22. The van der Waals surface area contributed by atoms with E-state index < -0.39 is 0 Å². The second-order valence-electron chi connectivity index (χ2n) is 9.09. The number of nitrogens with zero attached hydrogens (tertiary/aromatic N) is 3. The van der Waals surface area contributed by atoms with Crippen molar-refractivity contribution in [2.24, 2.45) is 0 Å². The van der Waals surface area contributed by atoms with E-state index in [0.29, 0.717) is 23.2 Å². The fourth-order valence-electron chi connectivity index (χ4n) is 4.17. The predicted molar refractivity (Wildman–Crippen MR) is 141 cm³/mol. The molecule has 3 N–H and O–H groups in total. The number of para-hydroxylation sites is 1. The van der Waals surface area contributed by atoms with Gasteiger partial charge in [-0.1, -0.05) is 49.7 Å². The molecular weight excluding hydrogens is 460 g/mol. The van der Waals surface area contributed by atoms with Crippen molar-refractivity contribution in [3.63, 3.8) is 0 Å². The number of pyridine rings is 1. The van der Waals surface area contributed by atoms with Crippen LogP contribution in [0.2, 0.25) is 5.02 Å². The van der Waals surface area contributed by atoms with Gasteiger partial charge < -0.3 is 16.0 Å². The van der Waals surface area contributed by atoms with Crippen molar-refractivity contribution in [3.05, 3.63) is 83.6 Å². The maximum atomic E-state index is 12.1. The Morgan fingerprint density at radius 3 is 2.66 bits per heavy atom. The Kier molecular flexibility index (Phi) is 6.09. The maximum Gasteiger partial charge on any atom is 0.229 e. The molecule has 3 heterocycles. The van der Waals surface area contributed by atoms with Gasteiger partial charge in [-0.25, -0.2) is 4.98 Å². The van der Waals surface area contributed by atoms with Gasteiger partial charge in [-0.15, -0.1) is 0 Å². The van der Waals surface area contributed by atoms with E-state index in [1.807, 2.05) is 60.7 Å². The first-order valence-electron chi connectivity index (χ1n) is 11.4. The molecule has 8 heteroatoms. The molecule has 0 fully saturated rings. The van der Waals surface area contributed by atoms with E-state index in [2.05, 4.69) is 44.7 Å². The van der Waals surface area contributed by atoms with Gasteiger partial charge in [0.05, 0.1) is 11.9 Å². The van der Waals surface area contributed by atoms with E-state index in [9.17, 15) is 4.79 Å². The first kappa shape index (κ1) is 22.8. The van der Waals surface area contributed by atoms with Crippen molar-refractivity contribution in [3.8, 4) is 11.3 Å². The lowest BCUT2D eigenvalue weighted by Crippen LogP contribution is -2.16. The first-order chi connectivity index (χ1) is 16.9. The fourth-order valence-corrected chi connectivity index (χ4v) is 4.31. The van der Waals surface area contributed by atoms with Crippen LogP contribution in [0.5, 0.6) is 0 Å². The molecule has 7 nitrogen and oxygen atoms in total. The Morgan fingerprint density at radius 2 is 1.83 bits per heavy atom. The highest BCUT2D eigenvalue weighted by Gasteiger charge is 2.28. The van der Waals surface area contributed by atoms with Crippen LogP contribution in [0.4, 0.5) is 28.8 Å². The number of anilines is 5. The van der Waals surface area contributed by atoms with Crippen LogP contribution in [0, 0.1) is 0 Å². The van der Waals surface area contributed by atoms with E-state index in [-0.39, 0.29) is 11.3 Å². The molecule has 1 aliphatic heterocycles. The largest absolute Gasteiger partial charge is 0.338 e. The van der Waals surface area contributed by atoms with Crippen molar-refractivity contribution in [2.75, 3.05) is 16.0 Å². The number of benzene rings is 2. The monoisotopic (exact) mass is 484 g/mol. The third-order valence-electron chi connectivity index (χ3n) is 6.12. The number of nitrogens with one attached hydrogen (secondary N) is 3. The number of aromatic nitrogens is 3. The van der Waals surface area contributed by atoms with Gasteiger partial charge in [0.15, 0.2) is 5.82 Å². The minimum Gasteiger partial charge on any atom is -0.338 e. The topological polar surface area (TPSA) is 91.8 Å². The molecule has 5 rings (SSSR count). The van der Waals surface area contributed by atoms with E-state index in [1.165, 1.54) is 0 Å². The fraction of sp³-hybridized carbons (Fsp3) is 0.185. The normalized spacial score (nSPS) is 14.4. The average molecular weight is 485 g/mol. The number of fused-ring (bicyclic) bond motifs is 1. The second-order valence-corrected chi connectivity index (χ2v) is 9.50. The minimum absolute atomic E-state index is 0.0419. The molecule has 0 atom stereocenters. The first-order valence-corrected chi connectivity index (χ1v) is 11.8. The molecule has 0 saturated carbocycles. The second kappa shape index (κ2) is 9.35. The molecule has 0 saturated heterocycles. The highest BCUT2D eigenvalue weighted by Crippen LogP contribution is 2.38. The summed E-state index contributed by atoms with van der Waals surface area (Å²) in [5, 5.41) is 10.0. The molecule has 35 heavy (non-hydrogen) atoms.